The first-order chi connectivity index (χ1) is 6.61. The Labute approximate surface area is 83.6 Å². The maximum absolute atomic E-state index is 10.9. The molecule has 0 amide bonds. The molecule has 0 radical (unpaired) electrons. The van der Waals surface area contributed by atoms with Crippen LogP contribution in [0.2, 0.25) is 0 Å². The van der Waals surface area contributed by atoms with E-state index in [4.69, 9.17) is 10.8 Å². The van der Waals surface area contributed by atoms with Gasteiger partial charge in [-0.15, -0.1) is 0 Å². The van der Waals surface area contributed by atoms with Gasteiger partial charge in [0.25, 0.3) is 0 Å². The molecule has 0 fully saturated rings. The van der Waals surface area contributed by atoms with Crippen LogP contribution in [0.5, 0.6) is 0 Å². The first kappa shape index (κ1) is 10.6. The molecule has 0 unspecified atom stereocenters. The third-order valence-electron chi connectivity index (χ3n) is 2.40. The fourth-order valence-electron chi connectivity index (χ4n) is 1.73. The lowest BCUT2D eigenvalue weighted by atomic mass is 9.95. The van der Waals surface area contributed by atoms with Crippen molar-refractivity contribution < 1.29 is 9.90 Å². The third kappa shape index (κ3) is 1.71. The number of carboxylic acids is 1. The Balaban J connectivity index is 3.40. The zero-order valence-corrected chi connectivity index (χ0v) is 8.50. The fraction of sp³-hybridized carbons (Fsp3) is 0.364. The highest BCUT2D eigenvalue weighted by Gasteiger charge is 2.13. The van der Waals surface area contributed by atoms with Gasteiger partial charge >= 0.3 is 5.97 Å². The molecule has 3 heteroatoms. The molecule has 0 saturated carbocycles. The SMILES string of the molecule is CCc1c(N)ccc(C(=O)O)c1CC. The van der Waals surface area contributed by atoms with Gasteiger partial charge in [-0.25, -0.2) is 4.79 Å². The Hall–Kier alpha value is -1.51. The molecular formula is C11H15NO2. The second-order valence-corrected chi connectivity index (χ2v) is 3.17. The summed E-state index contributed by atoms with van der Waals surface area (Å²) < 4.78 is 0. The van der Waals surface area contributed by atoms with E-state index in [9.17, 15) is 4.79 Å². The monoisotopic (exact) mass is 193 g/mol. The van der Waals surface area contributed by atoms with Crippen LogP contribution < -0.4 is 5.73 Å². The average Bonchev–Trinajstić information content (AvgIpc) is 2.16. The smallest absolute Gasteiger partial charge is 0.335 e. The summed E-state index contributed by atoms with van der Waals surface area (Å²) in [4.78, 5) is 10.9. The number of carbonyl (C=O) groups is 1. The van der Waals surface area contributed by atoms with Crippen molar-refractivity contribution in [3.8, 4) is 0 Å². The van der Waals surface area contributed by atoms with Gasteiger partial charge in [0.15, 0.2) is 0 Å². The number of hydrogen-bond donors (Lipinski definition) is 2. The summed E-state index contributed by atoms with van der Waals surface area (Å²) in [5.74, 6) is -0.878. The highest BCUT2D eigenvalue weighted by atomic mass is 16.4. The minimum absolute atomic E-state index is 0.374. The summed E-state index contributed by atoms with van der Waals surface area (Å²) in [6.45, 7) is 3.93. The van der Waals surface area contributed by atoms with E-state index < -0.39 is 5.97 Å². The third-order valence-corrected chi connectivity index (χ3v) is 2.40. The Kier molecular flexibility index (Phi) is 3.12. The molecule has 1 aromatic carbocycles. The molecule has 3 N–H and O–H groups in total. The van der Waals surface area contributed by atoms with Crippen LogP contribution in [0.15, 0.2) is 12.1 Å². The summed E-state index contributed by atoms with van der Waals surface area (Å²) in [5.41, 5.74) is 8.67. The number of carboxylic acid groups (broad SMARTS) is 1. The quantitative estimate of drug-likeness (QED) is 0.722. The van der Waals surface area contributed by atoms with E-state index in [2.05, 4.69) is 0 Å². The Morgan fingerprint density at radius 3 is 2.29 bits per heavy atom. The number of aromatic carboxylic acids is 1. The van der Waals surface area contributed by atoms with E-state index in [1.54, 1.807) is 12.1 Å². The first-order valence-electron chi connectivity index (χ1n) is 4.75. The number of nitrogens with two attached hydrogens (primary N) is 1. The minimum atomic E-state index is -0.878. The largest absolute Gasteiger partial charge is 0.478 e. The maximum atomic E-state index is 10.9. The lowest BCUT2D eigenvalue weighted by molar-refractivity contribution is 0.0695. The molecule has 0 saturated heterocycles. The standard InChI is InChI=1S/C11H15NO2/c1-3-7-8(4-2)10(12)6-5-9(7)11(13)14/h5-6H,3-4,12H2,1-2H3,(H,13,14). The number of benzene rings is 1. The molecular weight excluding hydrogens is 178 g/mol. The van der Waals surface area contributed by atoms with Gasteiger partial charge in [0.2, 0.25) is 0 Å². The van der Waals surface area contributed by atoms with Gasteiger partial charge in [0.1, 0.15) is 0 Å². The molecule has 0 aliphatic carbocycles. The maximum Gasteiger partial charge on any atom is 0.335 e. The predicted molar refractivity (Wildman–Crippen MR) is 56.6 cm³/mol. The van der Waals surface area contributed by atoms with Crippen molar-refractivity contribution >= 4 is 11.7 Å². The molecule has 3 nitrogen and oxygen atoms in total. The first-order valence-corrected chi connectivity index (χ1v) is 4.75. The van der Waals surface area contributed by atoms with Crippen molar-refractivity contribution in [3.63, 3.8) is 0 Å². The number of hydrogen-bond acceptors (Lipinski definition) is 2. The van der Waals surface area contributed by atoms with E-state index in [0.29, 0.717) is 17.7 Å². The molecule has 14 heavy (non-hydrogen) atoms. The van der Waals surface area contributed by atoms with Crippen LogP contribution in [0.3, 0.4) is 0 Å². The summed E-state index contributed by atoms with van der Waals surface area (Å²) in [5, 5.41) is 8.97. The van der Waals surface area contributed by atoms with Gasteiger partial charge in [-0.2, -0.15) is 0 Å². The molecule has 0 aromatic heterocycles. The Bertz CT molecular complexity index is 359. The van der Waals surface area contributed by atoms with Crippen molar-refractivity contribution in [2.45, 2.75) is 26.7 Å². The molecule has 0 aliphatic rings. The minimum Gasteiger partial charge on any atom is -0.478 e. The van der Waals surface area contributed by atoms with Gasteiger partial charge in [-0.05, 0) is 36.1 Å². The van der Waals surface area contributed by atoms with Gasteiger partial charge in [-0.1, -0.05) is 13.8 Å². The highest BCUT2D eigenvalue weighted by Crippen LogP contribution is 2.22. The van der Waals surface area contributed by atoms with Gasteiger partial charge < -0.3 is 10.8 Å². The Morgan fingerprint density at radius 1 is 1.29 bits per heavy atom. The average molecular weight is 193 g/mol. The molecule has 76 valence electrons. The van der Waals surface area contributed by atoms with E-state index >= 15 is 0 Å². The van der Waals surface area contributed by atoms with E-state index in [1.165, 1.54) is 0 Å². The lowest BCUT2D eigenvalue weighted by Crippen LogP contribution is -2.07. The van der Waals surface area contributed by atoms with E-state index in [-0.39, 0.29) is 0 Å². The molecule has 0 bridgehead atoms. The topological polar surface area (TPSA) is 63.3 Å². The predicted octanol–water partition coefficient (Wildman–Crippen LogP) is 2.09. The number of anilines is 1. The van der Waals surface area contributed by atoms with Crippen molar-refractivity contribution in [3.05, 3.63) is 28.8 Å². The van der Waals surface area contributed by atoms with Crippen molar-refractivity contribution in [1.82, 2.24) is 0 Å². The summed E-state index contributed by atoms with van der Waals surface area (Å²) in [7, 11) is 0. The second kappa shape index (κ2) is 4.13. The molecule has 0 aliphatic heterocycles. The molecule has 0 atom stereocenters. The van der Waals surface area contributed by atoms with Crippen molar-refractivity contribution in [2.24, 2.45) is 0 Å². The van der Waals surface area contributed by atoms with Crippen LogP contribution in [0.4, 0.5) is 5.69 Å². The summed E-state index contributed by atoms with van der Waals surface area (Å²) in [6, 6.07) is 3.25. The fourth-order valence-corrected chi connectivity index (χ4v) is 1.73. The zero-order valence-electron chi connectivity index (χ0n) is 8.50. The zero-order chi connectivity index (χ0) is 10.7. The summed E-state index contributed by atoms with van der Waals surface area (Å²) in [6.07, 6.45) is 1.48. The van der Waals surface area contributed by atoms with E-state index in [1.807, 2.05) is 13.8 Å². The summed E-state index contributed by atoms with van der Waals surface area (Å²) >= 11 is 0. The lowest BCUT2D eigenvalue weighted by Gasteiger charge is -2.11. The van der Waals surface area contributed by atoms with Crippen LogP contribution >= 0.6 is 0 Å². The van der Waals surface area contributed by atoms with Gasteiger partial charge in [-0.3, -0.25) is 0 Å². The van der Waals surface area contributed by atoms with Crippen molar-refractivity contribution in [1.29, 1.82) is 0 Å². The van der Waals surface area contributed by atoms with Gasteiger partial charge in [0, 0.05) is 5.69 Å². The number of rotatable bonds is 3. The van der Waals surface area contributed by atoms with Crippen LogP contribution in [0, 0.1) is 0 Å². The highest BCUT2D eigenvalue weighted by molar-refractivity contribution is 5.90. The van der Waals surface area contributed by atoms with Crippen LogP contribution in [-0.4, -0.2) is 11.1 Å². The second-order valence-electron chi connectivity index (χ2n) is 3.17. The van der Waals surface area contributed by atoms with Crippen LogP contribution in [-0.2, 0) is 12.8 Å². The van der Waals surface area contributed by atoms with Crippen LogP contribution in [0.25, 0.3) is 0 Å². The molecule has 0 spiro atoms. The molecule has 1 rings (SSSR count). The normalized spacial score (nSPS) is 10.1. The number of nitrogen functional groups attached to an aromatic ring is 1. The van der Waals surface area contributed by atoms with Gasteiger partial charge in [0.05, 0.1) is 5.56 Å². The Morgan fingerprint density at radius 2 is 1.86 bits per heavy atom. The molecule has 1 aromatic rings. The van der Waals surface area contributed by atoms with Crippen molar-refractivity contribution in [2.75, 3.05) is 5.73 Å². The van der Waals surface area contributed by atoms with Crippen LogP contribution in [0.1, 0.15) is 35.3 Å². The molecule has 0 heterocycles. The van der Waals surface area contributed by atoms with E-state index in [0.717, 1.165) is 17.5 Å².